The number of unbranched alkanes of at least 4 members (excludes halogenated alkanes) is 1. The molecule has 4 aliphatic heterocycles. The summed E-state index contributed by atoms with van der Waals surface area (Å²) in [6, 6.07) is 5.30. The van der Waals surface area contributed by atoms with Crippen molar-refractivity contribution in [3.63, 3.8) is 0 Å². The van der Waals surface area contributed by atoms with Gasteiger partial charge in [0.25, 0.3) is 5.91 Å². The van der Waals surface area contributed by atoms with Gasteiger partial charge in [0.15, 0.2) is 0 Å². The average Bonchev–Trinajstić information content (AvgIpc) is 3.14. The number of fused-ring (bicyclic) bond motifs is 2. The summed E-state index contributed by atoms with van der Waals surface area (Å²) in [7, 11) is 0. The molecule has 2 saturated heterocycles. The lowest BCUT2D eigenvalue weighted by molar-refractivity contribution is -0.143. The molecule has 38 heavy (non-hydrogen) atoms. The number of carbonyl (C=O) groups is 3. The van der Waals surface area contributed by atoms with Crippen molar-refractivity contribution < 1.29 is 19.5 Å². The lowest BCUT2D eigenvalue weighted by Gasteiger charge is -2.37. The topological polar surface area (TPSA) is 81.2 Å². The Balaban J connectivity index is 1.64. The van der Waals surface area contributed by atoms with E-state index in [1.165, 1.54) is 0 Å². The van der Waals surface area contributed by atoms with Crippen LogP contribution in [-0.2, 0) is 14.4 Å². The van der Waals surface area contributed by atoms with Crippen molar-refractivity contribution in [2.45, 2.75) is 62.5 Å². The van der Waals surface area contributed by atoms with Crippen molar-refractivity contribution in [1.29, 1.82) is 0 Å². The van der Waals surface area contributed by atoms with Gasteiger partial charge in [0.2, 0.25) is 11.8 Å². The minimum Gasteiger partial charge on any atom is -0.396 e. The van der Waals surface area contributed by atoms with Crippen LogP contribution >= 0.6 is 11.8 Å². The molecule has 1 spiro atoms. The number of rotatable bonds is 7. The number of amides is 3. The largest absolute Gasteiger partial charge is 0.396 e. The van der Waals surface area contributed by atoms with Gasteiger partial charge in [-0.2, -0.15) is 0 Å². The number of nitrogens with zero attached hydrogens (tertiary/aromatic N) is 3. The van der Waals surface area contributed by atoms with Gasteiger partial charge in [-0.05, 0) is 51.2 Å². The fraction of sp³-hybridized carbons (Fsp3) is 0.567. The molecular weight excluding hydrogens is 498 g/mol. The molecule has 0 radical (unpaired) electrons. The molecule has 4 aliphatic rings. The first-order valence-corrected chi connectivity index (χ1v) is 14.6. The van der Waals surface area contributed by atoms with Gasteiger partial charge in [-0.3, -0.25) is 14.4 Å². The molecular formula is C30H39N3O4S. The molecule has 4 heterocycles. The van der Waals surface area contributed by atoms with Crippen LogP contribution in [0.5, 0.6) is 0 Å². The van der Waals surface area contributed by atoms with Gasteiger partial charge in [0.1, 0.15) is 6.04 Å². The first-order valence-electron chi connectivity index (χ1n) is 13.8. The van der Waals surface area contributed by atoms with E-state index in [0.29, 0.717) is 39.0 Å². The number of para-hydroxylation sites is 1. The number of anilines is 1. The van der Waals surface area contributed by atoms with Crippen LogP contribution in [0.3, 0.4) is 0 Å². The molecule has 2 fully saturated rings. The molecule has 1 aromatic carbocycles. The van der Waals surface area contributed by atoms with Crippen LogP contribution in [0.1, 0.15) is 44.2 Å². The molecule has 0 aromatic heterocycles. The second-order valence-electron chi connectivity index (χ2n) is 11.2. The average molecular weight is 538 g/mol. The van der Waals surface area contributed by atoms with Crippen molar-refractivity contribution in [3.8, 4) is 0 Å². The summed E-state index contributed by atoms with van der Waals surface area (Å²) in [6.07, 6.45) is 10.3. The number of hydrogen-bond donors (Lipinski definition) is 1. The maximum absolute atomic E-state index is 14.6. The quantitative estimate of drug-likeness (QED) is 0.426. The zero-order chi connectivity index (χ0) is 27.2. The van der Waals surface area contributed by atoms with Crippen molar-refractivity contribution in [2.75, 3.05) is 37.7 Å². The van der Waals surface area contributed by atoms with E-state index < -0.39 is 27.4 Å². The third-order valence-electron chi connectivity index (χ3n) is 8.65. The number of aryl methyl sites for hydroxylation is 2. The first kappa shape index (κ1) is 27.0. The van der Waals surface area contributed by atoms with Crippen LogP contribution in [0.4, 0.5) is 5.69 Å². The maximum Gasteiger partial charge on any atom is 0.251 e. The van der Waals surface area contributed by atoms with Gasteiger partial charge >= 0.3 is 0 Å². The Hall–Kier alpha value is -2.58. The monoisotopic (exact) mass is 537 g/mol. The van der Waals surface area contributed by atoms with Crippen molar-refractivity contribution in [2.24, 2.45) is 11.8 Å². The van der Waals surface area contributed by atoms with Gasteiger partial charge in [-0.25, -0.2) is 0 Å². The van der Waals surface area contributed by atoms with Crippen molar-refractivity contribution >= 4 is 35.2 Å². The Morgan fingerprint density at radius 3 is 2.34 bits per heavy atom. The van der Waals surface area contributed by atoms with Gasteiger partial charge in [-0.15, -0.1) is 11.8 Å². The maximum atomic E-state index is 14.6. The van der Waals surface area contributed by atoms with Gasteiger partial charge < -0.3 is 19.8 Å². The molecule has 3 amide bonds. The Morgan fingerprint density at radius 2 is 1.66 bits per heavy atom. The van der Waals surface area contributed by atoms with E-state index in [4.69, 9.17) is 0 Å². The summed E-state index contributed by atoms with van der Waals surface area (Å²) in [6.45, 7) is 10.2. The minimum absolute atomic E-state index is 0.00901. The number of benzene rings is 1. The van der Waals surface area contributed by atoms with Crippen LogP contribution in [0, 0.1) is 25.7 Å². The van der Waals surface area contributed by atoms with E-state index in [2.05, 4.69) is 32.1 Å². The van der Waals surface area contributed by atoms with Crippen LogP contribution in [0.2, 0.25) is 0 Å². The van der Waals surface area contributed by atoms with Crippen LogP contribution in [0.25, 0.3) is 0 Å². The Bertz CT molecular complexity index is 1180. The predicted octanol–water partition coefficient (Wildman–Crippen LogP) is 3.47. The zero-order valence-corrected chi connectivity index (χ0v) is 23.7. The van der Waals surface area contributed by atoms with E-state index in [9.17, 15) is 19.5 Å². The molecule has 5 rings (SSSR count). The summed E-state index contributed by atoms with van der Waals surface area (Å²) in [5.74, 6) is -1.36. The highest BCUT2D eigenvalue weighted by Crippen LogP contribution is 2.65. The predicted molar refractivity (Wildman–Crippen MR) is 151 cm³/mol. The second kappa shape index (κ2) is 10.2. The fourth-order valence-corrected chi connectivity index (χ4v) is 9.27. The van der Waals surface area contributed by atoms with Crippen LogP contribution in [0.15, 0.2) is 42.5 Å². The molecule has 1 unspecified atom stereocenters. The van der Waals surface area contributed by atoms with Crippen LogP contribution < -0.4 is 4.90 Å². The summed E-state index contributed by atoms with van der Waals surface area (Å²) in [5, 5.41) is 9.43. The van der Waals surface area contributed by atoms with Gasteiger partial charge in [-0.1, -0.05) is 49.4 Å². The van der Waals surface area contributed by atoms with Gasteiger partial charge in [0, 0.05) is 43.2 Å². The SMILES string of the molecule is CCCN1CC=C[C@]2(C)S[C@]34C=CCN(c5c(C)cccc5C)C(=O)C3N(CCCCO)C(=O)[C@@H]4[C@@H]2C1=O. The molecule has 0 saturated carbocycles. The third-order valence-corrected chi connectivity index (χ3v) is 10.4. The fourth-order valence-electron chi connectivity index (χ4n) is 7.11. The summed E-state index contributed by atoms with van der Waals surface area (Å²) in [4.78, 5) is 48.4. The van der Waals surface area contributed by atoms with E-state index in [1.807, 2.05) is 47.9 Å². The molecule has 0 aliphatic carbocycles. The zero-order valence-electron chi connectivity index (χ0n) is 22.9. The molecule has 1 N–H and O–H groups in total. The molecule has 0 bridgehead atoms. The molecule has 1 aromatic rings. The number of likely N-dealkylation sites (tertiary alicyclic amines) is 1. The second-order valence-corrected chi connectivity index (χ2v) is 13.0. The standard InChI is InChI=1S/C30H39N3O4S/c1-5-15-31-16-9-13-29(4)22(26(31)35)23-27(36)33(17-6-7-19-34)25-28(37)32(18-10-14-30(23,25)38-29)24-20(2)11-8-12-21(24)3/h8-14,22-23,25,34H,5-7,15-19H2,1-4H3/t22-,23+,25?,29+,30+/m1/s1. The summed E-state index contributed by atoms with van der Waals surface area (Å²) >= 11 is 1.63. The van der Waals surface area contributed by atoms with Gasteiger partial charge in [0.05, 0.1) is 16.6 Å². The lowest BCUT2D eigenvalue weighted by Crippen LogP contribution is -2.53. The molecule has 8 heteroatoms. The highest BCUT2D eigenvalue weighted by atomic mass is 32.2. The van der Waals surface area contributed by atoms with E-state index in [0.717, 1.165) is 23.2 Å². The van der Waals surface area contributed by atoms with E-state index in [-0.39, 0.29) is 24.3 Å². The Kier molecular flexibility index (Phi) is 7.24. The van der Waals surface area contributed by atoms with E-state index in [1.54, 1.807) is 16.7 Å². The minimum atomic E-state index is -0.840. The number of hydrogen-bond acceptors (Lipinski definition) is 5. The normalized spacial score (nSPS) is 32.4. The van der Waals surface area contributed by atoms with Crippen LogP contribution in [-0.4, -0.2) is 80.9 Å². The smallest absolute Gasteiger partial charge is 0.251 e. The summed E-state index contributed by atoms with van der Waals surface area (Å²) < 4.78 is -1.43. The molecule has 5 atom stereocenters. The Morgan fingerprint density at radius 1 is 0.947 bits per heavy atom. The highest BCUT2D eigenvalue weighted by Gasteiger charge is 2.73. The van der Waals surface area contributed by atoms with E-state index >= 15 is 0 Å². The number of aliphatic hydroxyl groups excluding tert-OH is 1. The number of carbonyl (C=O) groups excluding carboxylic acids is 3. The molecule has 204 valence electrons. The number of aliphatic hydroxyl groups is 1. The first-order chi connectivity index (χ1) is 18.2. The summed E-state index contributed by atoms with van der Waals surface area (Å²) in [5.41, 5.74) is 2.92. The molecule has 7 nitrogen and oxygen atoms in total. The van der Waals surface area contributed by atoms with Crippen molar-refractivity contribution in [3.05, 3.63) is 53.6 Å². The number of thioether (sulfide) groups is 1. The lowest BCUT2D eigenvalue weighted by atomic mass is 9.74. The van der Waals surface area contributed by atoms with Crippen molar-refractivity contribution in [1.82, 2.24) is 9.80 Å². The third kappa shape index (κ3) is 4.02. The Labute approximate surface area is 229 Å². The highest BCUT2D eigenvalue weighted by molar-refractivity contribution is 8.02.